The highest BCUT2D eigenvalue weighted by Crippen LogP contribution is 2.25. The molecular formula is C11H13ClN2O2. The van der Waals surface area contributed by atoms with E-state index in [4.69, 9.17) is 11.6 Å². The van der Waals surface area contributed by atoms with E-state index in [9.17, 15) is 10.1 Å². The molecule has 1 atom stereocenters. The number of nitrogens with zero attached hydrogens (tertiary/aromatic N) is 1. The van der Waals surface area contributed by atoms with Crippen LogP contribution in [0.1, 0.15) is 12.5 Å². The normalized spacial score (nSPS) is 12.1. The molecule has 1 rings (SSSR count). The Hall–Kier alpha value is -1.39. The number of nitro benzene ring substituents is 1. The second-order valence-electron chi connectivity index (χ2n) is 3.40. The Morgan fingerprint density at radius 2 is 2.38 bits per heavy atom. The number of nitrogens with one attached hydrogen (secondary N) is 1. The highest BCUT2D eigenvalue weighted by atomic mass is 35.5. The molecule has 1 aromatic rings. The van der Waals surface area contributed by atoms with Crippen LogP contribution in [0.25, 0.3) is 0 Å². The number of nitro groups is 1. The largest absolute Gasteiger partial charge is 0.306 e. The van der Waals surface area contributed by atoms with Crippen LogP contribution in [-0.2, 0) is 6.54 Å². The SMILES string of the molecule is C=CC(C)NCc1c(Cl)cccc1[N+](=O)[O-]. The second kappa shape index (κ2) is 5.63. The lowest BCUT2D eigenvalue weighted by Crippen LogP contribution is -2.23. The molecule has 0 aliphatic carbocycles. The van der Waals surface area contributed by atoms with Gasteiger partial charge in [0, 0.05) is 18.7 Å². The molecule has 5 heteroatoms. The first-order chi connectivity index (χ1) is 7.56. The van der Waals surface area contributed by atoms with Crippen molar-refractivity contribution in [1.29, 1.82) is 0 Å². The highest BCUT2D eigenvalue weighted by Gasteiger charge is 2.16. The van der Waals surface area contributed by atoms with Gasteiger partial charge in [0.2, 0.25) is 0 Å². The van der Waals surface area contributed by atoms with Gasteiger partial charge in [0.1, 0.15) is 0 Å². The van der Waals surface area contributed by atoms with Crippen molar-refractivity contribution >= 4 is 17.3 Å². The zero-order chi connectivity index (χ0) is 12.1. The van der Waals surface area contributed by atoms with Gasteiger partial charge < -0.3 is 5.32 Å². The Bertz CT molecular complexity index is 407. The quantitative estimate of drug-likeness (QED) is 0.489. The van der Waals surface area contributed by atoms with Crippen LogP contribution in [0.5, 0.6) is 0 Å². The molecule has 0 aliphatic rings. The standard InChI is InChI=1S/C11H13ClN2O2/c1-3-8(2)13-7-9-10(12)5-4-6-11(9)14(15)16/h3-6,8,13H,1,7H2,2H3. The van der Waals surface area contributed by atoms with Crippen molar-refractivity contribution in [2.24, 2.45) is 0 Å². The van der Waals surface area contributed by atoms with Crippen molar-refractivity contribution in [3.63, 3.8) is 0 Å². The molecule has 16 heavy (non-hydrogen) atoms. The molecule has 0 heterocycles. The lowest BCUT2D eigenvalue weighted by Gasteiger charge is -2.10. The van der Waals surface area contributed by atoms with Gasteiger partial charge in [0.25, 0.3) is 5.69 Å². The van der Waals surface area contributed by atoms with Gasteiger partial charge in [-0.15, -0.1) is 6.58 Å². The van der Waals surface area contributed by atoms with Crippen molar-refractivity contribution in [3.05, 3.63) is 51.6 Å². The third kappa shape index (κ3) is 3.05. The van der Waals surface area contributed by atoms with Crippen LogP contribution in [-0.4, -0.2) is 11.0 Å². The van der Waals surface area contributed by atoms with Crippen LogP contribution >= 0.6 is 11.6 Å². The zero-order valence-electron chi connectivity index (χ0n) is 8.94. The first-order valence-corrected chi connectivity index (χ1v) is 5.21. The van der Waals surface area contributed by atoms with Crippen LogP contribution in [0.15, 0.2) is 30.9 Å². The number of hydrogen-bond acceptors (Lipinski definition) is 3. The molecule has 0 fully saturated rings. The van der Waals surface area contributed by atoms with Gasteiger partial charge in [-0.05, 0) is 13.0 Å². The van der Waals surface area contributed by atoms with E-state index in [1.807, 2.05) is 6.92 Å². The number of halogens is 1. The Morgan fingerprint density at radius 3 is 2.94 bits per heavy atom. The summed E-state index contributed by atoms with van der Waals surface area (Å²) in [6, 6.07) is 4.74. The maximum atomic E-state index is 10.8. The summed E-state index contributed by atoms with van der Waals surface area (Å²) in [4.78, 5) is 10.4. The van der Waals surface area contributed by atoms with E-state index in [1.54, 1.807) is 18.2 Å². The molecule has 1 N–H and O–H groups in total. The molecule has 0 amide bonds. The van der Waals surface area contributed by atoms with Gasteiger partial charge in [-0.3, -0.25) is 10.1 Å². The van der Waals surface area contributed by atoms with Gasteiger partial charge in [-0.2, -0.15) is 0 Å². The topological polar surface area (TPSA) is 55.2 Å². The molecule has 0 aliphatic heterocycles. The summed E-state index contributed by atoms with van der Waals surface area (Å²) in [5.74, 6) is 0. The molecule has 0 radical (unpaired) electrons. The second-order valence-corrected chi connectivity index (χ2v) is 3.81. The van der Waals surface area contributed by atoms with E-state index >= 15 is 0 Å². The van der Waals surface area contributed by atoms with Crippen LogP contribution in [0.2, 0.25) is 5.02 Å². The van der Waals surface area contributed by atoms with Crippen molar-refractivity contribution < 1.29 is 4.92 Å². The minimum absolute atomic E-state index is 0.0382. The Balaban J connectivity index is 2.92. The van der Waals surface area contributed by atoms with E-state index in [1.165, 1.54) is 6.07 Å². The minimum Gasteiger partial charge on any atom is -0.306 e. The lowest BCUT2D eigenvalue weighted by molar-refractivity contribution is -0.385. The zero-order valence-corrected chi connectivity index (χ0v) is 9.70. The molecule has 1 aromatic carbocycles. The van der Waals surface area contributed by atoms with Gasteiger partial charge in [-0.1, -0.05) is 23.7 Å². The van der Waals surface area contributed by atoms with E-state index in [2.05, 4.69) is 11.9 Å². The maximum absolute atomic E-state index is 10.8. The van der Waals surface area contributed by atoms with Gasteiger partial charge in [0.15, 0.2) is 0 Å². The van der Waals surface area contributed by atoms with Crippen molar-refractivity contribution in [2.75, 3.05) is 0 Å². The first kappa shape index (κ1) is 12.7. The van der Waals surface area contributed by atoms with E-state index < -0.39 is 4.92 Å². The van der Waals surface area contributed by atoms with Gasteiger partial charge in [0.05, 0.1) is 15.5 Å². The third-order valence-electron chi connectivity index (χ3n) is 2.25. The summed E-state index contributed by atoms with van der Waals surface area (Å²) in [6.07, 6.45) is 1.72. The fraction of sp³-hybridized carbons (Fsp3) is 0.273. The number of rotatable bonds is 5. The summed E-state index contributed by atoms with van der Waals surface area (Å²) in [5.41, 5.74) is 0.541. The van der Waals surface area contributed by atoms with Crippen LogP contribution < -0.4 is 5.32 Å². The fourth-order valence-electron chi connectivity index (χ4n) is 1.24. The Labute approximate surface area is 99.1 Å². The van der Waals surface area contributed by atoms with Crippen molar-refractivity contribution in [2.45, 2.75) is 19.5 Å². The summed E-state index contributed by atoms with van der Waals surface area (Å²) in [6.45, 7) is 5.89. The van der Waals surface area contributed by atoms with Crippen LogP contribution in [0.3, 0.4) is 0 Å². The summed E-state index contributed by atoms with van der Waals surface area (Å²) < 4.78 is 0. The van der Waals surface area contributed by atoms with E-state index in [0.717, 1.165) is 0 Å². The monoisotopic (exact) mass is 240 g/mol. The van der Waals surface area contributed by atoms with Crippen LogP contribution in [0.4, 0.5) is 5.69 Å². The number of hydrogen-bond donors (Lipinski definition) is 1. The smallest absolute Gasteiger partial charge is 0.275 e. The predicted molar refractivity (Wildman–Crippen MR) is 64.6 cm³/mol. The lowest BCUT2D eigenvalue weighted by atomic mass is 10.1. The predicted octanol–water partition coefficient (Wildman–Crippen LogP) is 2.91. The maximum Gasteiger partial charge on any atom is 0.275 e. The fourth-order valence-corrected chi connectivity index (χ4v) is 1.48. The average molecular weight is 241 g/mol. The molecular weight excluding hydrogens is 228 g/mol. The molecule has 4 nitrogen and oxygen atoms in total. The van der Waals surface area contributed by atoms with Gasteiger partial charge in [-0.25, -0.2) is 0 Å². The third-order valence-corrected chi connectivity index (χ3v) is 2.60. The van der Waals surface area contributed by atoms with Crippen molar-refractivity contribution in [3.8, 4) is 0 Å². The van der Waals surface area contributed by atoms with Crippen LogP contribution in [0, 0.1) is 10.1 Å². The summed E-state index contributed by atoms with van der Waals surface area (Å²) in [5, 5.41) is 14.3. The summed E-state index contributed by atoms with van der Waals surface area (Å²) >= 11 is 5.93. The molecule has 0 aromatic heterocycles. The molecule has 0 spiro atoms. The first-order valence-electron chi connectivity index (χ1n) is 4.84. The Kier molecular flexibility index (Phi) is 4.46. The average Bonchev–Trinajstić information content (AvgIpc) is 2.26. The minimum atomic E-state index is -0.429. The molecule has 86 valence electrons. The highest BCUT2D eigenvalue weighted by molar-refractivity contribution is 6.31. The summed E-state index contributed by atoms with van der Waals surface area (Å²) in [7, 11) is 0. The van der Waals surface area contributed by atoms with E-state index in [0.29, 0.717) is 17.1 Å². The molecule has 0 saturated heterocycles. The molecule has 0 bridgehead atoms. The van der Waals surface area contributed by atoms with E-state index in [-0.39, 0.29) is 11.7 Å². The Morgan fingerprint density at radius 1 is 1.69 bits per heavy atom. The van der Waals surface area contributed by atoms with Crippen molar-refractivity contribution in [1.82, 2.24) is 5.32 Å². The van der Waals surface area contributed by atoms with Gasteiger partial charge >= 0.3 is 0 Å². The molecule has 0 saturated carbocycles. The molecule has 1 unspecified atom stereocenters. The number of benzene rings is 1.